The Bertz CT molecular complexity index is 725. The number of rotatable bonds is 3. The summed E-state index contributed by atoms with van der Waals surface area (Å²) in [5.74, 6) is 0.990. The third kappa shape index (κ3) is 2.53. The molecule has 0 bridgehead atoms. The molecule has 2 aliphatic heterocycles. The van der Waals surface area contributed by atoms with Gasteiger partial charge in [-0.25, -0.2) is 4.99 Å². The minimum absolute atomic E-state index is 0.00853. The second kappa shape index (κ2) is 5.89. The van der Waals surface area contributed by atoms with E-state index in [2.05, 4.69) is 0 Å². The molecule has 1 fully saturated rings. The average molecular weight is 331 g/mol. The first-order chi connectivity index (χ1) is 11.4. The molecule has 0 aliphatic carbocycles. The summed E-state index contributed by atoms with van der Waals surface area (Å²) in [6.45, 7) is 6.43. The van der Waals surface area contributed by atoms with Gasteiger partial charge in [0.2, 0.25) is 11.6 Å². The Kier molecular flexibility index (Phi) is 4.03. The molecule has 7 nitrogen and oxygen atoms in total. The second-order valence-electron chi connectivity index (χ2n) is 6.31. The van der Waals surface area contributed by atoms with Crippen molar-refractivity contribution >= 4 is 17.4 Å². The molecule has 1 amide bonds. The summed E-state index contributed by atoms with van der Waals surface area (Å²) >= 11 is 0. The molecule has 0 saturated carbocycles. The predicted octanol–water partition coefficient (Wildman–Crippen LogP) is 3.12. The highest BCUT2D eigenvalue weighted by Crippen LogP contribution is 2.38. The zero-order valence-corrected chi connectivity index (χ0v) is 14.1. The van der Waals surface area contributed by atoms with Gasteiger partial charge in [-0.2, -0.15) is 0 Å². The fourth-order valence-corrected chi connectivity index (χ4v) is 3.17. The molecule has 2 heterocycles. The maximum atomic E-state index is 12.5. The number of hydrogen-bond donors (Lipinski definition) is 0. The van der Waals surface area contributed by atoms with E-state index in [4.69, 9.17) is 9.73 Å². The first kappa shape index (κ1) is 16.4. The van der Waals surface area contributed by atoms with Gasteiger partial charge in [-0.05, 0) is 12.5 Å². The molecule has 1 aromatic carbocycles. The SMILES string of the molecule is CCC1(CC)N=C(N2CCC(C)C2=O)c2cc([N+](=O)[O-])ccc2O1. The molecule has 0 N–H and O–H groups in total. The summed E-state index contributed by atoms with van der Waals surface area (Å²) in [6.07, 6.45) is 2.07. The average Bonchev–Trinajstić information content (AvgIpc) is 2.92. The Labute approximate surface area is 140 Å². The fraction of sp³-hybridized carbons (Fsp3) is 0.529. The Morgan fingerprint density at radius 1 is 1.42 bits per heavy atom. The van der Waals surface area contributed by atoms with Gasteiger partial charge < -0.3 is 4.74 Å². The van der Waals surface area contributed by atoms with Crippen LogP contribution in [0.3, 0.4) is 0 Å². The lowest BCUT2D eigenvalue weighted by Gasteiger charge is -2.36. The third-order valence-corrected chi connectivity index (χ3v) is 4.86. The van der Waals surface area contributed by atoms with Crippen LogP contribution < -0.4 is 4.74 Å². The van der Waals surface area contributed by atoms with E-state index in [1.165, 1.54) is 12.1 Å². The number of ether oxygens (including phenoxy) is 1. The Balaban J connectivity index is 2.15. The van der Waals surface area contributed by atoms with Crippen molar-refractivity contribution in [2.45, 2.75) is 45.8 Å². The van der Waals surface area contributed by atoms with Crippen LogP contribution in [-0.4, -0.2) is 33.8 Å². The molecule has 1 unspecified atom stereocenters. The first-order valence-electron chi connectivity index (χ1n) is 8.30. The van der Waals surface area contributed by atoms with Gasteiger partial charge in [0.05, 0.1) is 10.5 Å². The number of non-ortho nitro benzene ring substituents is 1. The Hall–Kier alpha value is -2.44. The summed E-state index contributed by atoms with van der Waals surface area (Å²) in [4.78, 5) is 29.5. The van der Waals surface area contributed by atoms with Crippen molar-refractivity contribution in [3.63, 3.8) is 0 Å². The minimum atomic E-state index is -0.732. The van der Waals surface area contributed by atoms with Crippen molar-refractivity contribution in [1.29, 1.82) is 0 Å². The van der Waals surface area contributed by atoms with Gasteiger partial charge in [0.1, 0.15) is 11.6 Å². The number of nitro benzene ring substituents is 1. The maximum absolute atomic E-state index is 12.5. The van der Waals surface area contributed by atoms with Crippen LogP contribution in [0.5, 0.6) is 5.75 Å². The van der Waals surface area contributed by atoms with Gasteiger partial charge in [-0.15, -0.1) is 0 Å². The third-order valence-electron chi connectivity index (χ3n) is 4.86. The highest BCUT2D eigenvalue weighted by Gasteiger charge is 2.40. The summed E-state index contributed by atoms with van der Waals surface area (Å²) in [5.41, 5.74) is -0.251. The van der Waals surface area contributed by atoms with Gasteiger partial charge >= 0.3 is 0 Å². The molecule has 2 aliphatic rings. The highest BCUT2D eigenvalue weighted by molar-refractivity contribution is 6.11. The first-order valence-corrected chi connectivity index (χ1v) is 8.30. The summed E-state index contributed by atoms with van der Waals surface area (Å²) in [6, 6.07) is 4.47. The maximum Gasteiger partial charge on any atom is 0.270 e. The van der Waals surface area contributed by atoms with Gasteiger partial charge in [-0.1, -0.05) is 20.8 Å². The topological polar surface area (TPSA) is 85.0 Å². The lowest BCUT2D eigenvalue weighted by Crippen LogP contribution is -2.43. The number of fused-ring (bicyclic) bond motifs is 1. The van der Waals surface area contributed by atoms with Crippen molar-refractivity contribution in [1.82, 2.24) is 4.90 Å². The van der Waals surface area contributed by atoms with Crippen LogP contribution in [0.2, 0.25) is 0 Å². The molecule has 24 heavy (non-hydrogen) atoms. The summed E-state index contributed by atoms with van der Waals surface area (Å²) < 4.78 is 6.06. The van der Waals surface area contributed by atoms with E-state index in [0.717, 1.165) is 6.42 Å². The normalized spacial score (nSPS) is 22.0. The predicted molar refractivity (Wildman–Crippen MR) is 89.1 cm³/mol. The van der Waals surface area contributed by atoms with Crippen molar-refractivity contribution in [3.05, 3.63) is 33.9 Å². The molecule has 128 valence electrons. The Morgan fingerprint density at radius 2 is 2.12 bits per heavy atom. The summed E-state index contributed by atoms with van der Waals surface area (Å²) in [5, 5.41) is 11.1. The van der Waals surface area contributed by atoms with E-state index in [1.54, 1.807) is 11.0 Å². The molecular formula is C17H21N3O4. The number of nitro groups is 1. The number of benzene rings is 1. The van der Waals surface area contributed by atoms with Crippen LogP contribution in [0.25, 0.3) is 0 Å². The zero-order valence-electron chi connectivity index (χ0n) is 14.1. The smallest absolute Gasteiger partial charge is 0.270 e. The standard InChI is InChI=1S/C17H21N3O4/c1-4-17(5-2)18-15(19-9-8-11(3)16(19)21)13-10-12(20(22)23)6-7-14(13)24-17/h6-7,10-11H,4-5,8-9H2,1-3H3. The van der Waals surface area contributed by atoms with Crippen LogP contribution >= 0.6 is 0 Å². The van der Waals surface area contributed by atoms with E-state index in [-0.39, 0.29) is 17.5 Å². The van der Waals surface area contributed by atoms with Crippen LogP contribution in [0.1, 0.15) is 45.6 Å². The van der Waals surface area contributed by atoms with Crippen LogP contribution in [-0.2, 0) is 4.79 Å². The van der Waals surface area contributed by atoms with Gasteiger partial charge in [-0.3, -0.25) is 19.8 Å². The zero-order chi connectivity index (χ0) is 17.5. The fourth-order valence-electron chi connectivity index (χ4n) is 3.17. The minimum Gasteiger partial charge on any atom is -0.465 e. The number of amides is 1. The van der Waals surface area contributed by atoms with Gasteiger partial charge in [0.25, 0.3) is 5.69 Å². The molecule has 0 radical (unpaired) electrons. The van der Waals surface area contributed by atoms with E-state index in [1.807, 2.05) is 20.8 Å². The summed E-state index contributed by atoms with van der Waals surface area (Å²) in [7, 11) is 0. The van der Waals surface area contributed by atoms with Crippen molar-refractivity contribution < 1.29 is 14.5 Å². The number of carbonyl (C=O) groups is 1. The molecule has 1 saturated heterocycles. The lowest BCUT2D eigenvalue weighted by atomic mass is 10.0. The molecule has 3 rings (SSSR count). The van der Waals surface area contributed by atoms with E-state index in [0.29, 0.717) is 36.5 Å². The van der Waals surface area contributed by atoms with Crippen molar-refractivity contribution in [3.8, 4) is 5.75 Å². The number of likely N-dealkylation sites (tertiary alicyclic amines) is 1. The highest BCUT2D eigenvalue weighted by atomic mass is 16.6. The number of amidine groups is 1. The van der Waals surface area contributed by atoms with Crippen LogP contribution in [0.4, 0.5) is 5.69 Å². The molecule has 0 spiro atoms. The molecule has 7 heteroatoms. The second-order valence-corrected chi connectivity index (χ2v) is 6.31. The molecular weight excluding hydrogens is 310 g/mol. The molecule has 1 atom stereocenters. The van der Waals surface area contributed by atoms with Gasteiger partial charge in [0, 0.05) is 37.4 Å². The van der Waals surface area contributed by atoms with E-state index < -0.39 is 10.6 Å². The molecule has 0 aromatic heterocycles. The number of hydrogen-bond acceptors (Lipinski definition) is 5. The lowest BCUT2D eigenvalue weighted by molar-refractivity contribution is -0.384. The number of carbonyl (C=O) groups excluding carboxylic acids is 1. The van der Waals surface area contributed by atoms with Gasteiger partial charge in [0.15, 0.2) is 0 Å². The monoisotopic (exact) mass is 331 g/mol. The largest absolute Gasteiger partial charge is 0.465 e. The Morgan fingerprint density at radius 3 is 2.67 bits per heavy atom. The van der Waals surface area contributed by atoms with Crippen LogP contribution in [0, 0.1) is 16.0 Å². The van der Waals surface area contributed by atoms with Crippen molar-refractivity contribution in [2.24, 2.45) is 10.9 Å². The molecule has 1 aromatic rings. The van der Waals surface area contributed by atoms with Crippen LogP contribution in [0.15, 0.2) is 23.2 Å². The number of nitrogens with zero attached hydrogens (tertiary/aromatic N) is 3. The quantitative estimate of drug-likeness (QED) is 0.629. The van der Waals surface area contributed by atoms with E-state index in [9.17, 15) is 14.9 Å². The number of aliphatic imine (C=N–C) groups is 1. The van der Waals surface area contributed by atoms with E-state index >= 15 is 0 Å². The van der Waals surface area contributed by atoms with Crippen molar-refractivity contribution in [2.75, 3.05) is 6.54 Å².